The number of nitrogens with zero attached hydrogens (tertiary/aromatic N) is 1. The Morgan fingerprint density at radius 2 is 1.92 bits per heavy atom. The average Bonchev–Trinajstić information content (AvgIpc) is 2.55. The average molecular weight is 337 g/mol. The van der Waals surface area contributed by atoms with Gasteiger partial charge in [0.05, 0.1) is 5.56 Å². The summed E-state index contributed by atoms with van der Waals surface area (Å²) in [6.45, 7) is 2.58. The first-order valence-electron chi connectivity index (χ1n) is 7.58. The maximum Gasteiger partial charge on any atom is 0.416 e. The number of amides is 1. The SMILES string of the molecule is CCCCNC(=O)c1cc(Nc2cccc(C(F)(F)F)c2)ccn1. The minimum absolute atomic E-state index is 0.211. The molecule has 0 aliphatic carbocycles. The van der Waals surface area contributed by atoms with E-state index in [0.717, 1.165) is 25.0 Å². The van der Waals surface area contributed by atoms with Crippen molar-refractivity contribution in [2.45, 2.75) is 25.9 Å². The van der Waals surface area contributed by atoms with E-state index in [2.05, 4.69) is 15.6 Å². The van der Waals surface area contributed by atoms with Crippen molar-refractivity contribution in [3.05, 3.63) is 53.9 Å². The minimum Gasteiger partial charge on any atom is -0.355 e. The van der Waals surface area contributed by atoms with Gasteiger partial charge in [0, 0.05) is 24.1 Å². The number of aromatic nitrogens is 1. The molecule has 128 valence electrons. The third-order valence-corrected chi connectivity index (χ3v) is 3.29. The van der Waals surface area contributed by atoms with Crippen LogP contribution in [0.15, 0.2) is 42.6 Å². The quantitative estimate of drug-likeness (QED) is 0.770. The lowest BCUT2D eigenvalue weighted by molar-refractivity contribution is -0.137. The summed E-state index contributed by atoms with van der Waals surface area (Å²) in [7, 11) is 0. The Labute approximate surface area is 138 Å². The Bertz CT molecular complexity index is 701. The molecule has 0 saturated carbocycles. The van der Waals surface area contributed by atoms with Crippen molar-refractivity contribution in [2.75, 3.05) is 11.9 Å². The van der Waals surface area contributed by atoms with E-state index < -0.39 is 11.7 Å². The van der Waals surface area contributed by atoms with Gasteiger partial charge in [-0.1, -0.05) is 19.4 Å². The summed E-state index contributed by atoms with van der Waals surface area (Å²) < 4.78 is 38.2. The van der Waals surface area contributed by atoms with Gasteiger partial charge in [-0.05, 0) is 36.8 Å². The van der Waals surface area contributed by atoms with E-state index in [1.54, 1.807) is 6.07 Å². The molecular weight excluding hydrogens is 319 g/mol. The fourth-order valence-corrected chi connectivity index (χ4v) is 2.04. The monoisotopic (exact) mass is 337 g/mol. The summed E-state index contributed by atoms with van der Waals surface area (Å²) in [4.78, 5) is 15.9. The lowest BCUT2D eigenvalue weighted by atomic mass is 10.2. The van der Waals surface area contributed by atoms with Gasteiger partial charge in [0.2, 0.25) is 0 Å². The Balaban J connectivity index is 2.11. The summed E-state index contributed by atoms with van der Waals surface area (Å²) >= 11 is 0. The van der Waals surface area contributed by atoms with E-state index in [-0.39, 0.29) is 17.3 Å². The zero-order valence-electron chi connectivity index (χ0n) is 13.2. The Hall–Kier alpha value is -2.57. The number of halogens is 3. The van der Waals surface area contributed by atoms with E-state index in [0.29, 0.717) is 12.2 Å². The number of hydrogen-bond donors (Lipinski definition) is 2. The van der Waals surface area contributed by atoms with E-state index in [4.69, 9.17) is 0 Å². The number of pyridine rings is 1. The number of rotatable bonds is 6. The first kappa shape index (κ1) is 17.8. The van der Waals surface area contributed by atoms with Gasteiger partial charge in [0.1, 0.15) is 5.69 Å². The predicted molar refractivity (Wildman–Crippen MR) is 86.2 cm³/mol. The maximum absolute atomic E-state index is 12.7. The number of carbonyl (C=O) groups is 1. The van der Waals surface area contributed by atoms with Crippen LogP contribution in [-0.2, 0) is 6.18 Å². The molecule has 7 heteroatoms. The van der Waals surface area contributed by atoms with Gasteiger partial charge in [0.15, 0.2) is 0 Å². The van der Waals surface area contributed by atoms with Gasteiger partial charge < -0.3 is 10.6 Å². The largest absolute Gasteiger partial charge is 0.416 e. The van der Waals surface area contributed by atoms with Gasteiger partial charge in [-0.25, -0.2) is 0 Å². The number of unbranched alkanes of at least 4 members (excludes halogenated alkanes) is 1. The van der Waals surface area contributed by atoms with Gasteiger partial charge >= 0.3 is 6.18 Å². The Morgan fingerprint density at radius 3 is 2.62 bits per heavy atom. The van der Waals surface area contributed by atoms with Gasteiger partial charge in [-0.15, -0.1) is 0 Å². The van der Waals surface area contributed by atoms with Crippen molar-refractivity contribution in [1.29, 1.82) is 0 Å². The maximum atomic E-state index is 12.7. The number of nitrogens with one attached hydrogen (secondary N) is 2. The molecule has 0 aliphatic heterocycles. The second-order valence-corrected chi connectivity index (χ2v) is 5.24. The summed E-state index contributed by atoms with van der Waals surface area (Å²) in [5.41, 5.74) is 0.250. The molecule has 1 aromatic heterocycles. The number of hydrogen-bond acceptors (Lipinski definition) is 3. The van der Waals surface area contributed by atoms with Crippen LogP contribution in [0.3, 0.4) is 0 Å². The normalized spacial score (nSPS) is 11.2. The highest BCUT2D eigenvalue weighted by atomic mass is 19.4. The van der Waals surface area contributed by atoms with Gasteiger partial charge in [-0.2, -0.15) is 13.2 Å². The zero-order valence-corrected chi connectivity index (χ0v) is 13.2. The number of carbonyl (C=O) groups excluding carboxylic acids is 1. The van der Waals surface area contributed by atoms with Gasteiger partial charge in [-0.3, -0.25) is 9.78 Å². The topological polar surface area (TPSA) is 54.0 Å². The molecule has 0 fully saturated rings. The van der Waals surface area contributed by atoms with Crippen LogP contribution >= 0.6 is 0 Å². The molecule has 2 aromatic rings. The van der Waals surface area contributed by atoms with Crippen molar-refractivity contribution < 1.29 is 18.0 Å². The first-order valence-corrected chi connectivity index (χ1v) is 7.58. The van der Waals surface area contributed by atoms with Crippen LogP contribution in [0.2, 0.25) is 0 Å². The van der Waals surface area contributed by atoms with E-state index >= 15 is 0 Å². The summed E-state index contributed by atoms with van der Waals surface area (Å²) in [6, 6.07) is 7.96. The van der Waals surface area contributed by atoms with E-state index in [1.807, 2.05) is 6.92 Å². The predicted octanol–water partition coefficient (Wildman–Crippen LogP) is 4.37. The summed E-state index contributed by atoms with van der Waals surface area (Å²) in [5.74, 6) is -0.309. The van der Waals surface area contributed by atoms with Crippen molar-refractivity contribution >= 4 is 17.3 Å². The van der Waals surface area contributed by atoms with Crippen LogP contribution in [0.25, 0.3) is 0 Å². The molecule has 0 aliphatic rings. The smallest absolute Gasteiger partial charge is 0.355 e. The summed E-state index contributed by atoms with van der Waals surface area (Å²) in [5, 5.41) is 5.60. The van der Waals surface area contributed by atoms with Crippen LogP contribution in [0.4, 0.5) is 24.5 Å². The number of anilines is 2. The molecule has 0 radical (unpaired) electrons. The first-order chi connectivity index (χ1) is 11.4. The van der Waals surface area contributed by atoms with E-state index in [9.17, 15) is 18.0 Å². The van der Waals surface area contributed by atoms with E-state index in [1.165, 1.54) is 24.4 Å². The zero-order chi connectivity index (χ0) is 17.6. The van der Waals surface area contributed by atoms with Crippen LogP contribution in [0.5, 0.6) is 0 Å². The third-order valence-electron chi connectivity index (χ3n) is 3.29. The lowest BCUT2D eigenvalue weighted by Crippen LogP contribution is -2.25. The molecule has 0 spiro atoms. The highest BCUT2D eigenvalue weighted by Crippen LogP contribution is 2.31. The van der Waals surface area contributed by atoms with Crippen LogP contribution < -0.4 is 10.6 Å². The lowest BCUT2D eigenvalue weighted by Gasteiger charge is -2.11. The molecule has 1 heterocycles. The van der Waals surface area contributed by atoms with Crippen LogP contribution in [0, 0.1) is 0 Å². The number of alkyl halides is 3. The second-order valence-electron chi connectivity index (χ2n) is 5.24. The third kappa shape index (κ3) is 4.97. The van der Waals surface area contributed by atoms with Crippen molar-refractivity contribution in [3.63, 3.8) is 0 Å². The molecule has 2 rings (SSSR count). The Morgan fingerprint density at radius 1 is 1.17 bits per heavy atom. The Kier molecular flexibility index (Phi) is 5.78. The molecule has 0 bridgehead atoms. The molecule has 4 nitrogen and oxygen atoms in total. The summed E-state index contributed by atoms with van der Waals surface area (Å²) in [6.07, 6.45) is -1.14. The van der Waals surface area contributed by atoms with Crippen molar-refractivity contribution in [3.8, 4) is 0 Å². The fraction of sp³-hybridized carbons (Fsp3) is 0.294. The van der Waals surface area contributed by atoms with Crippen LogP contribution in [-0.4, -0.2) is 17.4 Å². The standard InChI is InChI=1S/C17H18F3N3O/c1-2-3-8-22-16(24)15-11-14(7-9-21-15)23-13-6-4-5-12(10-13)17(18,19)20/h4-7,9-11H,2-3,8H2,1H3,(H,21,23)(H,22,24). The van der Waals surface area contributed by atoms with Gasteiger partial charge in [0.25, 0.3) is 5.91 Å². The highest BCUT2D eigenvalue weighted by Gasteiger charge is 2.30. The fourth-order valence-electron chi connectivity index (χ4n) is 2.04. The minimum atomic E-state index is -4.40. The molecule has 0 atom stereocenters. The van der Waals surface area contributed by atoms with Crippen molar-refractivity contribution in [1.82, 2.24) is 10.3 Å². The molecule has 0 saturated heterocycles. The highest BCUT2D eigenvalue weighted by molar-refractivity contribution is 5.93. The second kappa shape index (κ2) is 7.81. The molecule has 24 heavy (non-hydrogen) atoms. The molecule has 1 amide bonds. The van der Waals surface area contributed by atoms with Crippen LogP contribution in [0.1, 0.15) is 35.8 Å². The number of benzene rings is 1. The molecule has 1 aromatic carbocycles. The molecule has 2 N–H and O–H groups in total. The van der Waals surface area contributed by atoms with Crippen molar-refractivity contribution in [2.24, 2.45) is 0 Å². The molecular formula is C17H18F3N3O. The molecule has 0 unspecified atom stereocenters.